The number of nitrogens with one attached hydrogen (secondary N) is 1. The second-order valence-corrected chi connectivity index (χ2v) is 8.01. The second-order valence-electron chi connectivity index (χ2n) is 6.05. The van der Waals surface area contributed by atoms with Crippen molar-refractivity contribution in [1.29, 1.82) is 0 Å². The smallest absolute Gasteiger partial charge is 0.263 e. The van der Waals surface area contributed by atoms with Crippen LogP contribution < -0.4 is 11.1 Å². The highest BCUT2D eigenvalue weighted by molar-refractivity contribution is 9.10. The molecule has 1 unspecified atom stereocenters. The van der Waals surface area contributed by atoms with Gasteiger partial charge in [-0.1, -0.05) is 42.8 Å². The van der Waals surface area contributed by atoms with Gasteiger partial charge in [0.15, 0.2) is 0 Å². The average Bonchev–Trinajstić information content (AvgIpc) is 2.65. The molecule has 0 bridgehead atoms. The molecule has 1 aromatic heterocycles. The maximum atomic E-state index is 12.4. The number of halogens is 1. The van der Waals surface area contributed by atoms with Crippen LogP contribution in [0.3, 0.4) is 0 Å². The summed E-state index contributed by atoms with van der Waals surface area (Å²) < 4.78 is 2.01. The van der Waals surface area contributed by atoms with Crippen LogP contribution >= 0.6 is 27.3 Å². The summed E-state index contributed by atoms with van der Waals surface area (Å²) in [7, 11) is 0. The van der Waals surface area contributed by atoms with Crippen molar-refractivity contribution in [2.75, 3.05) is 5.73 Å². The zero-order chi connectivity index (χ0) is 15.1. The number of nitrogen functional groups attached to an aromatic ring is 1. The van der Waals surface area contributed by atoms with Crippen molar-refractivity contribution >= 4 is 48.9 Å². The van der Waals surface area contributed by atoms with Crippen molar-refractivity contribution in [1.82, 2.24) is 5.32 Å². The molecule has 1 heterocycles. The highest BCUT2D eigenvalue weighted by Gasteiger charge is 2.24. The fourth-order valence-electron chi connectivity index (χ4n) is 1.74. The van der Waals surface area contributed by atoms with Crippen LogP contribution in [-0.4, -0.2) is 11.9 Å². The predicted octanol–water partition coefficient (Wildman–Crippen LogP) is 4.41. The van der Waals surface area contributed by atoms with Crippen molar-refractivity contribution in [2.45, 2.75) is 33.7 Å². The predicted molar refractivity (Wildman–Crippen MR) is 90.3 cm³/mol. The van der Waals surface area contributed by atoms with Crippen LogP contribution in [0.2, 0.25) is 0 Å². The molecule has 108 valence electrons. The molecule has 0 fully saturated rings. The number of amides is 1. The minimum absolute atomic E-state index is 0.0180. The van der Waals surface area contributed by atoms with Crippen LogP contribution in [0.25, 0.3) is 10.1 Å². The number of carbonyl (C=O) groups is 1. The Balaban J connectivity index is 2.33. The van der Waals surface area contributed by atoms with E-state index < -0.39 is 0 Å². The molecule has 0 saturated carbocycles. The van der Waals surface area contributed by atoms with E-state index in [0.29, 0.717) is 10.6 Å². The molecule has 0 aliphatic rings. The van der Waals surface area contributed by atoms with Gasteiger partial charge < -0.3 is 11.1 Å². The lowest BCUT2D eigenvalue weighted by Gasteiger charge is -2.27. The molecule has 5 heteroatoms. The van der Waals surface area contributed by atoms with E-state index in [1.807, 2.05) is 25.1 Å². The molecule has 1 amide bonds. The van der Waals surface area contributed by atoms with E-state index in [0.717, 1.165) is 14.6 Å². The SMILES string of the molecule is CC(NC(=O)c1sc2cc(Br)ccc2c1N)C(C)(C)C. The van der Waals surface area contributed by atoms with Gasteiger partial charge in [0.2, 0.25) is 0 Å². The maximum Gasteiger partial charge on any atom is 0.263 e. The van der Waals surface area contributed by atoms with Gasteiger partial charge in [-0.25, -0.2) is 0 Å². The third-order valence-electron chi connectivity index (χ3n) is 3.54. The second kappa shape index (κ2) is 5.37. The lowest BCUT2D eigenvalue weighted by molar-refractivity contribution is 0.0915. The molecule has 3 N–H and O–H groups in total. The van der Waals surface area contributed by atoms with E-state index in [4.69, 9.17) is 5.73 Å². The zero-order valence-electron chi connectivity index (χ0n) is 12.1. The number of nitrogens with two attached hydrogens (primary N) is 1. The molecule has 0 saturated heterocycles. The quantitative estimate of drug-likeness (QED) is 0.838. The monoisotopic (exact) mass is 354 g/mol. The summed E-state index contributed by atoms with van der Waals surface area (Å²) in [4.78, 5) is 13.0. The molecule has 0 aliphatic heterocycles. The minimum atomic E-state index is -0.0951. The van der Waals surface area contributed by atoms with Gasteiger partial charge in [0.25, 0.3) is 5.91 Å². The minimum Gasteiger partial charge on any atom is -0.397 e. The average molecular weight is 355 g/mol. The standard InChI is InChI=1S/C15H19BrN2OS/c1-8(15(2,3)4)18-14(19)13-12(17)10-6-5-9(16)7-11(10)20-13/h5-8H,17H2,1-4H3,(H,18,19). The number of rotatable bonds is 2. The molecule has 20 heavy (non-hydrogen) atoms. The van der Waals surface area contributed by atoms with Gasteiger partial charge >= 0.3 is 0 Å². The molecule has 0 aliphatic carbocycles. The van der Waals surface area contributed by atoms with Crippen molar-refractivity contribution in [3.8, 4) is 0 Å². The number of carbonyl (C=O) groups excluding carboxylic acids is 1. The molecule has 2 rings (SSSR count). The van der Waals surface area contributed by atoms with Crippen LogP contribution in [0.4, 0.5) is 5.69 Å². The summed E-state index contributed by atoms with van der Waals surface area (Å²) in [5.41, 5.74) is 6.69. The number of benzene rings is 1. The molecule has 1 atom stereocenters. The Hall–Kier alpha value is -1.07. The van der Waals surface area contributed by atoms with E-state index in [-0.39, 0.29) is 17.4 Å². The maximum absolute atomic E-state index is 12.4. The van der Waals surface area contributed by atoms with Crippen LogP contribution in [0.1, 0.15) is 37.4 Å². The number of fused-ring (bicyclic) bond motifs is 1. The van der Waals surface area contributed by atoms with E-state index in [1.165, 1.54) is 11.3 Å². The van der Waals surface area contributed by atoms with Gasteiger partial charge in [-0.2, -0.15) is 0 Å². The van der Waals surface area contributed by atoms with Crippen LogP contribution in [0, 0.1) is 5.41 Å². The topological polar surface area (TPSA) is 55.1 Å². The third-order valence-corrected chi connectivity index (χ3v) is 5.20. The molecule has 0 radical (unpaired) electrons. The molecule has 3 nitrogen and oxygen atoms in total. The van der Waals surface area contributed by atoms with Crippen molar-refractivity contribution in [3.63, 3.8) is 0 Å². The van der Waals surface area contributed by atoms with E-state index in [1.54, 1.807) is 0 Å². The Bertz CT molecular complexity index is 658. The molecular formula is C15H19BrN2OS. The first-order valence-electron chi connectivity index (χ1n) is 6.48. The summed E-state index contributed by atoms with van der Waals surface area (Å²) in [6.45, 7) is 8.31. The Morgan fingerprint density at radius 2 is 2.05 bits per heavy atom. The lowest BCUT2D eigenvalue weighted by atomic mass is 9.88. The summed E-state index contributed by atoms with van der Waals surface area (Å²) in [6, 6.07) is 5.94. The Kier molecular flexibility index (Phi) is 4.12. The lowest BCUT2D eigenvalue weighted by Crippen LogP contribution is -2.41. The normalized spacial score (nSPS) is 13.4. The van der Waals surface area contributed by atoms with Gasteiger partial charge in [0.1, 0.15) is 4.88 Å². The Morgan fingerprint density at radius 1 is 1.40 bits per heavy atom. The number of anilines is 1. The van der Waals surface area contributed by atoms with Gasteiger partial charge in [-0.15, -0.1) is 11.3 Å². The van der Waals surface area contributed by atoms with Crippen molar-refractivity contribution < 1.29 is 4.79 Å². The fourth-order valence-corrected chi connectivity index (χ4v) is 3.32. The first kappa shape index (κ1) is 15.3. The number of hydrogen-bond acceptors (Lipinski definition) is 3. The number of hydrogen-bond donors (Lipinski definition) is 2. The first-order valence-corrected chi connectivity index (χ1v) is 8.09. The van der Waals surface area contributed by atoms with E-state index in [9.17, 15) is 4.79 Å². The van der Waals surface area contributed by atoms with E-state index in [2.05, 4.69) is 42.0 Å². The largest absolute Gasteiger partial charge is 0.397 e. The summed E-state index contributed by atoms with van der Waals surface area (Å²) >= 11 is 4.87. The van der Waals surface area contributed by atoms with Gasteiger partial charge in [-0.3, -0.25) is 4.79 Å². The zero-order valence-corrected chi connectivity index (χ0v) is 14.5. The first-order chi connectivity index (χ1) is 9.20. The summed E-state index contributed by atoms with van der Waals surface area (Å²) in [6.07, 6.45) is 0. The fraction of sp³-hybridized carbons (Fsp3) is 0.400. The van der Waals surface area contributed by atoms with Crippen LogP contribution in [0.15, 0.2) is 22.7 Å². The van der Waals surface area contributed by atoms with Crippen molar-refractivity contribution in [2.24, 2.45) is 5.41 Å². The Labute approximate surface area is 131 Å². The molecule has 1 aromatic carbocycles. The molecule has 2 aromatic rings. The van der Waals surface area contributed by atoms with E-state index >= 15 is 0 Å². The van der Waals surface area contributed by atoms with Crippen LogP contribution in [-0.2, 0) is 0 Å². The van der Waals surface area contributed by atoms with Gasteiger partial charge in [0.05, 0.1) is 5.69 Å². The molecular weight excluding hydrogens is 336 g/mol. The highest BCUT2D eigenvalue weighted by atomic mass is 79.9. The van der Waals surface area contributed by atoms with Crippen LogP contribution in [0.5, 0.6) is 0 Å². The van der Waals surface area contributed by atoms with Gasteiger partial charge in [0, 0.05) is 20.6 Å². The summed E-state index contributed by atoms with van der Waals surface area (Å²) in [5, 5.41) is 3.97. The van der Waals surface area contributed by atoms with Crippen molar-refractivity contribution in [3.05, 3.63) is 27.5 Å². The third kappa shape index (κ3) is 2.99. The number of thiophene rings is 1. The Morgan fingerprint density at radius 3 is 2.65 bits per heavy atom. The summed E-state index contributed by atoms with van der Waals surface area (Å²) in [5.74, 6) is -0.0951. The highest BCUT2D eigenvalue weighted by Crippen LogP contribution is 2.35. The molecule has 0 spiro atoms. The van der Waals surface area contributed by atoms with Gasteiger partial charge in [-0.05, 0) is 24.5 Å².